The van der Waals surface area contributed by atoms with Crippen LogP contribution in [0.25, 0.3) is 11.0 Å². The molecular weight excluding hydrogens is 358 g/mol. The van der Waals surface area contributed by atoms with Crippen LogP contribution in [0.1, 0.15) is 35.0 Å². The number of nitrogens with zero attached hydrogens (tertiary/aromatic N) is 2. The maximum atomic E-state index is 12.4. The molecule has 1 atom stereocenters. The van der Waals surface area contributed by atoms with E-state index < -0.39 is 18.0 Å². The van der Waals surface area contributed by atoms with E-state index in [1.807, 2.05) is 39.8 Å². The van der Waals surface area contributed by atoms with Crippen LogP contribution in [0.5, 0.6) is 0 Å². The smallest absolute Gasteiger partial charge is 0.311 e. The number of rotatable bonds is 5. The predicted molar refractivity (Wildman–Crippen MR) is 106 cm³/mol. The van der Waals surface area contributed by atoms with E-state index in [1.165, 1.54) is 0 Å². The molecule has 1 amide bonds. The molecule has 0 saturated carbocycles. The molecule has 0 unspecified atom stereocenters. The average Bonchev–Trinajstić information content (AvgIpc) is 3.10. The van der Waals surface area contributed by atoms with E-state index in [0.717, 1.165) is 33.4 Å². The monoisotopic (exact) mass is 383 g/mol. The lowest BCUT2D eigenvalue weighted by Crippen LogP contribution is -2.30. The number of aromatic nitrogens is 2. The van der Waals surface area contributed by atoms with Gasteiger partial charge in [-0.15, -0.1) is 0 Å². The van der Waals surface area contributed by atoms with Crippen LogP contribution < -0.4 is 5.32 Å². The maximum Gasteiger partial charge on any atom is 0.311 e. The summed E-state index contributed by atoms with van der Waals surface area (Å²) >= 11 is 0. The van der Waals surface area contributed by atoms with Gasteiger partial charge >= 0.3 is 5.97 Å². The lowest BCUT2D eigenvalue weighted by Gasteiger charge is -2.13. The van der Waals surface area contributed by atoms with Crippen molar-refractivity contribution in [2.75, 3.05) is 5.32 Å². The van der Waals surface area contributed by atoms with Crippen LogP contribution in [0.3, 0.4) is 0 Å². The number of carbonyl (C=O) groups excluding carboxylic acids is 2. The average molecular weight is 383 g/mol. The van der Waals surface area contributed by atoms with Gasteiger partial charge in [-0.1, -0.05) is 0 Å². The third-order valence-corrected chi connectivity index (χ3v) is 5.04. The number of fused-ring (bicyclic) bond motifs is 1. The number of carbonyl (C=O) groups is 2. The van der Waals surface area contributed by atoms with Gasteiger partial charge in [-0.25, -0.2) is 0 Å². The Kier molecular flexibility index (Phi) is 5.27. The summed E-state index contributed by atoms with van der Waals surface area (Å²) in [5.41, 5.74) is 5.92. The summed E-state index contributed by atoms with van der Waals surface area (Å²) in [4.78, 5) is 24.8. The van der Waals surface area contributed by atoms with Crippen molar-refractivity contribution in [3.05, 3.63) is 46.5 Å². The van der Waals surface area contributed by atoms with Crippen molar-refractivity contribution in [3.8, 4) is 0 Å². The minimum atomic E-state index is -0.923. The molecule has 28 heavy (non-hydrogen) atoms. The number of hydrogen-bond donors (Lipinski definition) is 1. The number of amides is 1. The van der Waals surface area contributed by atoms with E-state index in [2.05, 4.69) is 10.4 Å². The van der Waals surface area contributed by atoms with Crippen LogP contribution in [0, 0.1) is 27.7 Å². The van der Waals surface area contributed by atoms with E-state index in [0.29, 0.717) is 11.4 Å². The number of anilines is 1. The first-order valence-corrected chi connectivity index (χ1v) is 9.15. The first-order valence-electron chi connectivity index (χ1n) is 9.15. The van der Waals surface area contributed by atoms with Gasteiger partial charge in [0.1, 0.15) is 5.58 Å². The summed E-state index contributed by atoms with van der Waals surface area (Å²) < 4.78 is 12.6. The SMILES string of the molecule is Cc1cc2occ(CC(=O)O[C@@H](C)C(=O)Nc3c(C)nn(C)c3C)c2cc1C. The lowest BCUT2D eigenvalue weighted by molar-refractivity contribution is -0.152. The Morgan fingerprint density at radius 1 is 1.21 bits per heavy atom. The quantitative estimate of drug-likeness (QED) is 0.681. The molecule has 0 spiro atoms. The topological polar surface area (TPSA) is 86.4 Å². The highest BCUT2D eigenvalue weighted by molar-refractivity contribution is 5.96. The molecule has 7 heteroatoms. The number of nitrogens with one attached hydrogen (secondary N) is 1. The van der Waals surface area contributed by atoms with Crippen LogP contribution in [0.4, 0.5) is 5.69 Å². The van der Waals surface area contributed by atoms with Gasteiger partial charge in [0.2, 0.25) is 0 Å². The molecule has 3 rings (SSSR count). The first kappa shape index (κ1) is 19.7. The minimum Gasteiger partial charge on any atom is -0.464 e. The van der Waals surface area contributed by atoms with Gasteiger partial charge in [0.05, 0.1) is 29.8 Å². The molecular formula is C21H25N3O4. The van der Waals surface area contributed by atoms with Crippen molar-refractivity contribution in [2.24, 2.45) is 7.05 Å². The zero-order valence-electron chi connectivity index (χ0n) is 17.0. The number of hydrogen-bond acceptors (Lipinski definition) is 5. The van der Waals surface area contributed by atoms with Crippen LogP contribution in [-0.4, -0.2) is 27.8 Å². The van der Waals surface area contributed by atoms with E-state index in [4.69, 9.17) is 9.15 Å². The van der Waals surface area contributed by atoms with E-state index in [1.54, 1.807) is 24.9 Å². The highest BCUT2D eigenvalue weighted by Crippen LogP contribution is 2.25. The second kappa shape index (κ2) is 7.50. The van der Waals surface area contributed by atoms with E-state index >= 15 is 0 Å². The fourth-order valence-electron chi connectivity index (χ4n) is 3.10. The molecule has 0 aliphatic carbocycles. The van der Waals surface area contributed by atoms with Gasteiger partial charge in [-0.3, -0.25) is 14.3 Å². The Balaban J connectivity index is 1.66. The molecule has 3 aromatic rings. The maximum absolute atomic E-state index is 12.4. The zero-order valence-corrected chi connectivity index (χ0v) is 17.0. The van der Waals surface area contributed by atoms with Crippen molar-refractivity contribution in [1.82, 2.24) is 9.78 Å². The van der Waals surface area contributed by atoms with E-state index in [9.17, 15) is 9.59 Å². The van der Waals surface area contributed by atoms with Crippen LogP contribution in [-0.2, 0) is 27.8 Å². The third-order valence-electron chi connectivity index (χ3n) is 5.04. The fourth-order valence-corrected chi connectivity index (χ4v) is 3.10. The van der Waals surface area contributed by atoms with Gasteiger partial charge in [-0.2, -0.15) is 5.10 Å². The van der Waals surface area contributed by atoms with Gasteiger partial charge in [0, 0.05) is 18.0 Å². The van der Waals surface area contributed by atoms with Crippen molar-refractivity contribution in [2.45, 2.75) is 47.1 Å². The zero-order chi connectivity index (χ0) is 20.6. The molecule has 0 bridgehead atoms. The van der Waals surface area contributed by atoms with Crippen molar-refractivity contribution in [1.29, 1.82) is 0 Å². The number of aryl methyl sites for hydroxylation is 4. The normalized spacial score (nSPS) is 12.2. The number of benzene rings is 1. The largest absolute Gasteiger partial charge is 0.464 e. The Labute approximate surface area is 163 Å². The summed E-state index contributed by atoms with van der Waals surface area (Å²) in [5.74, 6) is -0.876. The molecule has 2 aromatic heterocycles. The summed E-state index contributed by atoms with van der Waals surface area (Å²) in [7, 11) is 1.81. The molecule has 0 radical (unpaired) electrons. The molecule has 1 aromatic carbocycles. The van der Waals surface area contributed by atoms with Crippen LogP contribution >= 0.6 is 0 Å². The Morgan fingerprint density at radius 2 is 1.89 bits per heavy atom. The lowest BCUT2D eigenvalue weighted by atomic mass is 10.0. The second-order valence-electron chi connectivity index (χ2n) is 7.16. The first-order chi connectivity index (χ1) is 13.2. The molecule has 0 fully saturated rings. The third kappa shape index (κ3) is 3.78. The molecule has 1 N–H and O–H groups in total. The van der Waals surface area contributed by atoms with Crippen molar-refractivity contribution < 1.29 is 18.7 Å². The Bertz CT molecular complexity index is 1060. The highest BCUT2D eigenvalue weighted by Gasteiger charge is 2.22. The predicted octanol–water partition coefficient (Wildman–Crippen LogP) is 3.51. The Hall–Kier alpha value is -3.09. The number of furan rings is 1. The molecule has 0 aliphatic heterocycles. The Morgan fingerprint density at radius 3 is 2.54 bits per heavy atom. The van der Waals surface area contributed by atoms with Crippen molar-refractivity contribution in [3.63, 3.8) is 0 Å². The number of ether oxygens (including phenoxy) is 1. The summed E-state index contributed by atoms with van der Waals surface area (Å²) in [5, 5.41) is 7.94. The molecule has 7 nitrogen and oxygen atoms in total. The van der Waals surface area contributed by atoms with Crippen molar-refractivity contribution >= 4 is 28.5 Å². The summed E-state index contributed by atoms with van der Waals surface area (Å²) in [6.45, 7) is 9.25. The van der Waals surface area contributed by atoms with Crippen LogP contribution in [0.2, 0.25) is 0 Å². The minimum absolute atomic E-state index is 0.0398. The highest BCUT2D eigenvalue weighted by atomic mass is 16.5. The fraction of sp³-hybridized carbons (Fsp3) is 0.381. The molecule has 0 saturated heterocycles. The van der Waals surface area contributed by atoms with Gasteiger partial charge in [-0.05, 0) is 57.9 Å². The van der Waals surface area contributed by atoms with Gasteiger partial charge in [0.25, 0.3) is 5.91 Å². The van der Waals surface area contributed by atoms with Crippen LogP contribution in [0.15, 0.2) is 22.8 Å². The molecule has 0 aliphatic rings. The summed E-state index contributed by atoms with van der Waals surface area (Å²) in [6.07, 6.45) is 0.685. The molecule has 148 valence electrons. The second-order valence-corrected chi connectivity index (χ2v) is 7.16. The van der Waals surface area contributed by atoms with E-state index in [-0.39, 0.29) is 6.42 Å². The molecule has 2 heterocycles. The van der Waals surface area contributed by atoms with Gasteiger partial charge < -0.3 is 14.5 Å². The standard InChI is InChI=1S/C21H25N3O4/c1-11-7-17-16(10-27-18(17)8-12(11)2)9-19(25)28-15(5)21(26)22-20-13(3)23-24(6)14(20)4/h7-8,10,15H,9H2,1-6H3,(H,22,26)/t15-/m0/s1. The van der Waals surface area contributed by atoms with Gasteiger partial charge in [0.15, 0.2) is 6.10 Å². The number of esters is 1. The summed E-state index contributed by atoms with van der Waals surface area (Å²) in [6, 6.07) is 3.95.